The Morgan fingerprint density at radius 1 is 0.889 bits per heavy atom. The summed E-state index contributed by atoms with van der Waals surface area (Å²) in [7, 11) is 0. The molecule has 3 aromatic rings. The predicted molar refractivity (Wildman–Crippen MR) is 76.7 cm³/mol. The highest BCUT2D eigenvalue weighted by molar-refractivity contribution is 5.96. The summed E-state index contributed by atoms with van der Waals surface area (Å²) in [5.74, 6) is 0. The quantitative estimate of drug-likeness (QED) is 0.602. The molecule has 3 rings (SSSR count). The fourth-order valence-electron chi connectivity index (χ4n) is 2.50. The van der Waals surface area contributed by atoms with Crippen LogP contribution in [0.1, 0.15) is 11.1 Å². The lowest BCUT2D eigenvalue weighted by molar-refractivity contribution is 1.36. The lowest BCUT2D eigenvalue weighted by Gasteiger charge is -2.08. The van der Waals surface area contributed by atoms with Crippen LogP contribution in [0, 0.1) is 13.8 Å². The SMILES string of the molecule is Cc1cc(C)cc(-c2cccc3cnccc23)c1. The monoisotopic (exact) mass is 233 g/mol. The minimum absolute atomic E-state index is 1.19. The fraction of sp³-hybridized carbons (Fsp3) is 0.118. The van der Waals surface area contributed by atoms with Gasteiger partial charge in [0.1, 0.15) is 0 Å². The highest BCUT2D eigenvalue weighted by atomic mass is 14.6. The van der Waals surface area contributed by atoms with Gasteiger partial charge in [0.05, 0.1) is 0 Å². The van der Waals surface area contributed by atoms with E-state index in [0.29, 0.717) is 0 Å². The predicted octanol–water partition coefficient (Wildman–Crippen LogP) is 4.52. The molecule has 0 unspecified atom stereocenters. The highest BCUT2D eigenvalue weighted by Crippen LogP contribution is 2.29. The maximum atomic E-state index is 4.18. The van der Waals surface area contributed by atoms with Gasteiger partial charge in [-0.3, -0.25) is 4.98 Å². The van der Waals surface area contributed by atoms with Crippen molar-refractivity contribution in [1.82, 2.24) is 4.98 Å². The summed E-state index contributed by atoms with van der Waals surface area (Å²) < 4.78 is 0. The summed E-state index contributed by atoms with van der Waals surface area (Å²) >= 11 is 0. The van der Waals surface area contributed by atoms with Gasteiger partial charge in [-0.05, 0) is 36.4 Å². The van der Waals surface area contributed by atoms with E-state index in [1.54, 1.807) is 0 Å². The number of rotatable bonds is 1. The van der Waals surface area contributed by atoms with Gasteiger partial charge in [-0.1, -0.05) is 47.5 Å². The van der Waals surface area contributed by atoms with Crippen LogP contribution in [0.25, 0.3) is 21.9 Å². The third-order valence-corrected chi connectivity index (χ3v) is 3.21. The maximum Gasteiger partial charge on any atom is 0.0346 e. The van der Waals surface area contributed by atoms with Crippen molar-refractivity contribution in [2.45, 2.75) is 13.8 Å². The van der Waals surface area contributed by atoms with E-state index < -0.39 is 0 Å². The van der Waals surface area contributed by atoms with Crippen molar-refractivity contribution in [2.24, 2.45) is 0 Å². The van der Waals surface area contributed by atoms with E-state index >= 15 is 0 Å². The molecule has 0 amide bonds. The van der Waals surface area contributed by atoms with Crippen molar-refractivity contribution in [2.75, 3.05) is 0 Å². The van der Waals surface area contributed by atoms with Crippen molar-refractivity contribution in [1.29, 1.82) is 0 Å². The van der Waals surface area contributed by atoms with Crippen molar-refractivity contribution in [3.05, 3.63) is 66.0 Å². The molecular formula is C17H15N. The van der Waals surface area contributed by atoms with E-state index in [1.165, 1.54) is 33.0 Å². The average Bonchev–Trinajstić information content (AvgIpc) is 2.37. The van der Waals surface area contributed by atoms with Crippen molar-refractivity contribution < 1.29 is 0 Å². The highest BCUT2D eigenvalue weighted by Gasteiger charge is 2.04. The van der Waals surface area contributed by atoms with Gasteiger partial charge in [-0.25, -0.2) is 0 Å². The molecule has 1 heterocycles. The van der Waals surface area contributed by atoms with Crippen LogP contribution in [0.2, 0.25) is 0 Å². The molecule has 0 N–H and O–H groups in total. The number of fused-ring (bicyclic) bond motifs is 1. The van der Waals surface area contributed by atoms with Crippen LogP contribution in [0.15, 0.2) is 54.9 Å². The molecule has 0 saturated carbocycles. The van der Waals surface area contributed by atoms with Gasteiger partial charge in [-0.2, -0.15) is 0 Å². The number of nitrogens with zero attached hydrogens (tertiary/aromatic N) is 1. The fourth-order valence-corrected chi connectivity index (χ4v) is 2.50. The number of hydrogen-bond acceptors (Lipinski definition) is 1. The Morgan fingerprint density at radius 2 is 1.67 bits per heavy atom. The van der Waals surface area contributed by atoms with Gasteiger partial charge in [-0.15, -0.1) is 0 Å². The van der Waals surface area contributed by atoms with Gasteiger partial charge in [0, 0.05) is 17.8 Å². The normalized spacial score (nSPS) is 10.8. The van der Waals surface area contributed by atoms with Crippen molar-refractivity contribution in [3.8, 4) is 11.1 Å². The summed E-state index contributed by atoms with van der Waals surface area (Å²) in [5.41, 5.74) is 5.16. The molecule has 18 heavy (non-hydrogen) atoms. The summed E-state index contributed by atoms with van der Waals surface area (Å²) in [6, 6.07) is 15.1. The summed E-state index contributed by atoms with van der Waals surface area (Å²) in [4.78, 5) is 4.18. The van der Waals surface area contributed by atoms with E-state index in [9.17, 15) is 0 Å². The largest absolute Gasteiger partial charge is 0.264 e. The molecule has 0 bridgehead atoms. The zero-order chi connectivity index (χ0) is 12.5. The van der Waals surface area contributed by atoms with E-state index in [-0.39, 0.29) is 0 Å². The third kappa shape index (κ3) is 1.88. The molecule has 0 spiro atoms. The Kier molecular flexibility index (Phi) is 2.60. The second-order valence-electron chi connectivity index (χ2n) is 4.78. The average molecular weight is 233 g/mol. The lowest BCUT2D eigenvalue weighted by Crippen LogP contribution is -1.85. The third-order valence-electron chi connectivity index (χ3n) is 3.21. The minimum atomic E-state index is 1.19. The van der Waals surface area contributed by atoms with Crippen molar-refractivity contribution >= 4 is 10.8 Å². The summed E-state index contributed by atoms with van der Waals surface area (Å²) in [6.45, 7) is 4.28. The number of benzene rings is 2. The molecule has 0 saturated heterocycles. The molecule has 1 aromatic heterocycles. The molecule has 0 fully saturated rings. The molecule has 2 aromatic carbocycles. The van der Waals surface area contributed by atoms with E-state index in [1.807, 2.05) is 12.4 Å². The number of aromatic nitrogens is 1. The first-order chi connectivity index (χ1) is 8.74. The van der Waals surface area contributed by atoms with Gasteiger partial charge in [0.25, 0.3) is 0 Å². The Morgan fingerprint density at radius 3 is 2.44 bits per heavy atom. The molecule has 88 valence electrons. The Bertz CT molecular complexity index is 688. The Hall–Kier alpha value is -2.15. The zero-order valence-corrected chi connectivity index (χ0v) is 10.6. The molecule has 0 radical (unpaired) electrons. The van der Waals surface area contributed by atoms with Crippen LogP contribution in [0.4, 0.5) is 0 Å². The van der Waals surface area contributed by atoms with Crippen LogP contribution >= 0.6 is 0 Å². The number of pyridine rings is 1. The van der Waals surface area contributed by atoms with Crippen LogP contribution in [-0.4, -0.2) is 4.98 Å². The Balaban J connectivity index is 2.31. The number of aryl methyl sites for hydroxylation is 2. The molecule has 1 nitrogen and oxygen atoms in total. The minimum Gasteiger partial charge on any atom is -0.264 e. The zero-order valence-electron chi connectivity index (χ0n) is 10.6. The summed E-state index contributed by atoms with van der Waals surface area (Å²) in [5, 5.41) is 2.45. The number of hydrogen-bond donors (Lipinski definition) is 0. The first-order valence-corrected chi connectivity index (χ1v) is 6.15. The van der Waals surface area contributed by atoms with Gasteiger partial charge in [0.15, 0.2) is 0 Å². The maximum absolute atomic E-state index is 4.18. The molecule has 0 atom stereocenters. The molecular weight excluding hydrogens is 218 g/mol. The molecule has 0 aliphatic heterocycles. The van der Waals surface area contributed by atoms with Crippen molar-refractivity contribution in [3.63, 3.8) is 0 Å². The Labute approximate surface area is 107 Å². The van der Waals surface area contributed by atoms with Crippen LogP contribution < -0.4 is 0 Å². The second kappa shape index (κ2) is 4.26. The topological polar surface area (TPSA) is 12.9 Å². The van der Waals surface area contributed by atoms with E-state index in [0.717, 1.165) is 0 Å². The first-order valence-electron chi connectivity index (χ1n) is 6.15. The van der Waals surface area contributed by atoms with Crippen LogP contribution in [0.3, 0.4) is 0 Å². The molecule has 0 aliphatic carbocycles. The van der Waals surface area contributed by atoms with Gasteiger partial charge in [0.2, 0.25) is 0 Å². The summed E-state index contributed by atoms with van der Waals surface area (Å²) in [6.07, 6.45) is 3.77. The lowest BCUT2D eigenvalue weighted by atomic mass is 9.97. The second-order valence-corrected chi connectivity index (χ2v) is 4.78. The molecule has 1 heteroatoms. The first kappa shape index (κ1) is 11.0. The van der Waals surface area contributed by atoms with Gasteiger partial charge >= 0.3 is 0 Å². The molecule has 0 aliphatic rings. The van der Waals surface area contributed by atoms with Gasteiger partial charge < -0.3 is 0 Å². The smallest absolute Gasteiger partial charge is 0.0346 e. The van der Waals surface area contributed by atoms with E-state index in [4.69, 9.17) is 0 Å². The standard InChI is InChI=1S/C17H15N/c1-12-8-13(2)10-15(9-12)16-5-3-4-14-11-18-7-6-17(14)16/h3-11H,1-2H3. The van der Waals surface area contributed by atoms with Crippen LogP contribution in [0.5, 0.6) is 0 Å². The van der Waals surface area contributed by atoms with E-state index in [2.05, 4.69) is 61.3 Å². The van der Waals surface area contributed by atoms with Crippen LogP contribution in [-0.2, 0) is 0 Å².